The molecule has 2 fully saturated rings. The quantitative estimate of drug-likeness (QED) is 0.792. The molecule has 0 bridgehead atoms. The second kappa shape index (κ2) is 5.36. The van der Waals surface area contributed by atoms with E-state index < -0.39 is 5.54 Å². The number of hydrogen-bond donors (Lipinski definition) is 0. The predicted octanol–water partition coefficient (Wildman–Crippen LogP) is 1.68. The highest BCUT2D eigenvalue weighted by Crippen LogP contribution is 2.23. The van der Waals surface area contributed by atoms with E-state index in [2.05, 4.69) is 0 Å². The molecule has 2 aliphatic heterocycles. The van der Waals surface area contributed by atoms with Crippen LogP contribution in [0.1, 0.15) is 34.6 Å². The molecule has 2 heterocycles. The summed E-state index contributed by atoms with van der Waals surface area (Å²) >= 11 is 0. The highest BCUT2D eigenvalue weighted by atomic mass is 16.7. The number of cyclic esters (lactones) is 1. The Morgan fingerprint density at radius 3 is 2.19 bits per heavy atom. The van der Waals surface area contributed by atoms with Gasteiger partial charge in [-0.15, -0.1) is 0 Å². The average molecular weight is 299 g/mol. The molecule has 0 atom stereocenters. The van der Waals surface area contributed by atoms with Crippen LogP contribution in [0.15, 0.2) is 0 Å². The van der Waals surface area contributed by atoms with Gasteiger partial charge in [-0.05, 0) is 34.6 Å². The minimum atomic E-state index is -0.511. The third kappa shape index (κ3) is 3.23. The Morgan fingerprint density at radius 2 is 1.71 bits per heavy atom. The van der Waals surface area contributed by atoms with Crippen LogP contribution in [0, 0.1) is 0 Å². The van der Waals surface area contributed by atoms with Crippen molar-refractivity contribution < 1.29 is 19.2 Å². The summed E-state index contributed by atoms with van der Waals surface area (Å²) in [5.74, 6) is 0. The van der Waals surface area contributed by atoms with Crippen molar-refractivity contribution in [2.75, 3.05) is 32.8 Å². The van der Waals surface area contributed by atoms with Crippen molar-refractivity contribution in [1.29, 1.82) is 0 Å². The zero-order chi connectivity index (χ0) is 15.8. The zero-order valence-corrected chi connectivity index (χ0v) is 13.5. The molecule has 0 aromatic heterocycles. The monoisotopic (exact) mass is 299 g/mol. The minimum Gasteiger partial charge on any atom is -0.448 e. The minimum absolute atomic E-state index is 0.123. The number of hydrogen-bond acceptors (Lipinski definition) is 4. The number of carbonyl (C=O) groups excluding carboxylic acids is 2. The molecule has 3 amide bonds. The van der Waals surface area contributed by atoms with Gasteiger partial charge in [-0.1, -0.05) is 0 Å². The van der Waals surface area contributed by atoms with Crippen LogP contribution in [0.3, 0.4) is 0 Å². The molecular weight excluding hydrogens is 274 g/mol. The molecule has 21 heavy (non-hydrogen) atoms. The van der Waals surface area contributed by atoms with Gasteiger partial charge in [0.05, 0.1) is 25.2 Å². The molecule has 0 aromatic carbocycles. The molecule has 120 valence electrons. The van der Waals surface area contributed by atoms with Gasteiger partial charge in [0, 0.05) is 12.1 Å². The van der Waals surface area contributed by atoms with Crippen LogP contribution in [-0.2, 0) is 9.57 Å². The lowest BCUT2D eigenvalue weighted by molar-refractivity contribution is -0.133. The van der Waals surface area contributed by atoms with Crippen LogP contribution in [0.4, 0.5) is 9.59 Å². The fraction of sp³-hybridized carbons (Fsp3) is 0.857. The molecule has 0 saturated carbocycles. The second-order valence-electron chi connectivity index (χ2n) is 7.06. The van der Waals surface area contributed by atoms with Crippen molar-refractivity contribution in [2.45, 2.75) is 45.7 Å². The molecule has 0 radical (unpaired) electrons. The number of amides is 3. The predicted molar refractivity (Wildman–Crippen MR) is 76.6 cm³/mol. The molecule has 2 saturated heterocycles. The van der Waals surface area contributed by atoms with E-state index in [1.54, 1.807) is 9.80 Å². The van der Waals surface area contributed by atoms with Crippen molar-refractivity contribution in [3.63, 3.8) is 0 Å². The van der Waals surface area contributed by atoms with E-state index in [4.69, 9.17) is 9.57 Å². The van der Waals surface area contributed by atoms with Gasteiger partial charge in [0.25, 0.3) is 0 Å². The second-order valence-corrected chi connectivity index (χ2v) is 7.06. The van der Waals surface area contributed by atoms with Gasteiger partial charge in [-0.25, -0.2) is 14.7 Å². The number of carbonyl (C=O) groups is 2. The first-order valence-corrected chi connectivity index (χ1v) is 7.29. The molecule has 0 unspecified atom stereocenters. The van der Waals surface area contributed by atoms with Gasteiger partial charge in [-0.2, -0.15) is 0 Å². The maximum absolute atomic E-state index is 12.3. The summed E-state index contributed by atoms with van der Waals surface area (Å²) in [6, 6.07) is -0.123. The van der Waals surface area contributed by atoms with Gasteiger partial charge in [-0.3, -0.25) is 9.74 Å². The lowest BCUT2D eigenvalue weighted by atomic mass is 10.1. The first kappa shape index (κ1) is 15.9. The fourth-order valence-corrected chi connectivity index (χ4v) is 2.52. The smallest absolute Gasteiger partial charge is 0.410 e. The van der Waals surface area contributed by atoms with Crippen LogP contribution in [0.5, 0.6) is 0 Å². The Bertz CT molecular complexity index is 430. The maximum Gasteiger partial charge on any atom is 0.410 e. The summed E-state index contributed by atoms with van der Waals surface area (Å²) in [7, 11) is 0. The van der Waals surface area contributed by atoms with Gasteiger partial charge < -0.3 is 9.64 Å². The van der Waals surface area contributed by atoms with Crippen LogP contribution >= 0.6 is 0 Å². The number of hydroxylamine groups is 2. The first-order valence-electron chi connectivity index (χ1n) is 7.29. The van der Waals surface area contributed by atoms with Crippen LogP contribution in [0.25, 0.3) is 0 Å². The highest BCUT2D eigenvalue weighted by Gasteiger charge is 2.40. The maximum atomic E-state index is 12.3. The average Bonchev–Trinajstić information content (AvgIpc) is 2.92. The van der Waals surface area contributed by atoms with E-state index in [0.717, 1.165) is 0 Å². The summed E-state index contributed by atoms with van der Waals surface area (Å²) in [4.78, 5) is 33.0. The normalized spacial score (nSPS) is 20.5. The lowest BCUT2D eigenvalue weighted by Gasteiger charge is -2.34. The number of ether oxygens (including phenoxy) is 1. The Hall–Kier alpha value is -1.50. The lowest BCUT2D eigenvalue weighted by Crippen LogP contribution is -2.50. The molecule has 2 rings (SSSR count). The Morgan fingerprint density at radius 1 is 1.05 bits per heavy atom. The zero-order valence-electron chi connectivity index (χ0n) is 13.5. The summed E-state index contributed by atoms with van der Waals surface area (Å²) in [5.41, 5.74) is -0.730. The van der Waals surface area contributed by atoms with E-state index in [9.17, 15) is 9.59 Å². The standard InChI is InChI=1S/C14H25N3O4/c1-13(2,3)15-6-7-17(11(15)18)21-10-14(4,5)16-8-9-20-12(16)19/h6-10H2,1-5H3. The molecule has 0 N–H and O–H groups in total. The van der Waals surface area contributed by atoms with E-state index in [1.165, 1.54) is 5.06 Å². The van der Waals surface area contributed by atoms with Crippen LogP contribution in [-0.4, -0.2) is 70.9 Å². The van der Waals surface area contributed by atoms with E-state index >= 15 is 0 Å². The van der Waals surface area contributed by atoms with Crippen molar-refractivity contribution in [2.24, 2.45) is 0 Å². The van der Waals surface area contributed by atoms with Crippen LogP contribution in [0.2, 0.25) is 0 Å². The molecule has 0 spiro atoms. The van der Waals surface area contributed by atoms with E-state index in [-0.39, 0.29) is 24.3 Å². The van der Waals surface area contributed by atoms with Crippen molar-refractivity contribution >= 4 is 12.1 Å². The highest BCUT2D eigenvalue weighted by molar-refractivity contribution is 5.76. The largest absolute Gasteiger partial charge is 0.448 e. The van der Waals surface area contributed by atoms with Crippen molar-refractivity contribution in [3.8, 4) is 0 Å². The van der Waals surface area contributed by atoms with Crippen LogP contribution < -0.4 is 0 Å². The number of nitrogens with zero attached hydrogens (tertiary/aromatic N) is 3. The Kier molecular flexibility index (Phi) is 4.06. The van der Waals surface area contributed by atoms with Gasteiger partial charge in [0.2, 0.25) is 0 Å². The topological polar surface area (TPSA) is 62.3 Å². The van der Waals surface area contributed by atoms with E-state index in [0.29, 0.717) is 26.2 Å². The first-order chi connectivity index (χ1) is 9.63. The summed E-state index contributed by atoms with van der Waals surface area (Å²) in [6.45, 7) is 12.2. The number of rotatable bonds is 4. The Labute approximate surface area is 125 Å². The molecular formula is C14H25N3O4. The molecule has 7 nitrogen and oxygen atoms in total. The van der Waals surface area contributed by atoms with Gasteiger partial charge in [0.1, 0.15) is 6.61 Å². The fourth-order valence-electron chi connectivity index (χ4n) is 2.52. The van der Waals surface area contributed by atoms with Crippen molar-refractivity contribution in [1.82, 2.24) is 14.9 Å². The third-order valence-electron chi connectivity index (χ3n) is 3.85. The van der Waals surface area contributed by atoms with Crippen molar-refractivity contribution in [3.05, 3.63) is 0 Å². The Balaban J connectivity index is 1.92. The SMILES string of the molecule is CC(C)(C)N1CCN(OCC(C)(C)N2CCOC2=O)C1=O. The third-order valence-corrected chi connectivity index (χ3v) is 3.85. The summed E-state index contributed by atoms with van der Waals surface area (Å²) in [6.07, 6.45) is -0.326. The summed E-state index contributed by atoms with van der Waals surface area (Å²) in [5, 5.41) is 1.38. The molecule has 2 aliphatic rings. The molecule has 7 heteroatoms. The van der Waals surface area contributed by atoms with Gasteiger partial charge >= 0.3 is 12.1 Å². The summed E-state index contributed by atoms with van der Waals surface area (Å²) < 4.78 is 4.95. The number of urea groups is 1. The van der Waals surface area contributed by atoms with Gasteiger partial charge in [0.15, 0.2) is 0 Å². The molecule has 0 aromatic rings. The molecule has 0 aliphatic carbocycles. The van der Waals surface area contributed by atoms with E-state index in [1.807, 2.05) is 34.6 Å².